The van der Waals surface area contributed by atoms with Crippen molar-refractivity contribution >= 4 is 55.1 Å². The molecule has 0 aliphatic heterocycles. The Morgan fingerprint density at radius 3 is 2.78 bits per heavy atom. The zero-order valence-electron chi connectivity index (χ0n) is 14.9. The van der Waals surface area contributed by atoms with E-state index in [0.717, 1.165) is 28.6 Å². The van der Waals surface area contributed by atoms with Crippen LogP contribution in [0.4, 0.5) is 5.13 Å². The maximum Gasteiger partial charge on any atom is 0.230 e. The molecule has 0 saturated carbocycles. The van der Waals surface area contributed by atoms with Crippen LogP contribution in [0.15, 0.2) is 53.4 Å². The first-order valence-corrected chi connectivity index (χ1v) is 11.0. The average Bonchev–Trinajstić information content (AvgIpc) is 3.27. The van der Waals surface area contributed by atoms with E-state index < -0.39 is 0 Å². The van der Waals surface area contributed by atoms with Gasteiger partial charge in [0.1, 0.15) is 0 Å². The number of thioether (sulfide) groups is 1. The molecule has 27 heavy (non-hydrogen) atoms. The van der Waals surface area contributed by atoms with Gasteiger partial charge in [-0.2, -0.15) is 0 Å². The molecule has 0 unspecified atom stereocenters. The fourth-order valence-electron chi connectivity index (χ4n) is 3.85. The van der Waals surface area contributed by atoms with Gasteiger partial charge < -0.3 is 5.32 Å². The summed E-state index contributed by atoms with van der Waals surface area (Å²) in [5.74, 6) is -0.0248. The zero-order chi connectivity index (χ0) is 18.4. The molecule has 134 valence electrons. The molecule has 1 aromatic heterocycles. The Morgan fingerprint density at radius 2 is 1.96 bits per heavy atom. The number of fused-ring (bicyclic) bond motifs is 2. The number of hydrogen-bond acceptors (Lipinski definition) is 4. The summed E-state index contributed by atoms with van der Waals surface area (Å²) >= 11 is 3.26. The number of carbonyl (C=O) groups is 1. The van der Waals surface area contributed by atoms with Crippen molar-refractivity contribution in [3.05, 3.63) is 65.2 Å². The average molecular weight is 391 g/mol. The van der Waals surface area contributed by atoms with Crippen LogP contribution in [0.2, 0.25) is 0 Å². The number of aryl methyl sites for hydroxylation is 2. The lowest BCUT2D eigenvalue weighted by Crippen LogP contribution is -2.14. The minimum atomic E-state index is -0.0248. The van der Waals surface area contributed by atoms with Gasteiger partial charge in [0.15, 0.2) is 5.13 Å². The van der Waals surface area contributed by atoms with E-state index >= 15 is 0 Å². The molecule has 0 atom stereocenters. The van der Waals surface area contributed by atoms with Gasteiger partial charge in [0.2, 0.25) is 5.91 Å². The summed E-state index contributed by atoms with van der Waals surface area (Å²) in [4.78, 5) is 18.4. The molecular weight excluding hydrogens is 372 g/mol. The quantitative estimate of drug-likeness (QED) is 0.471. The van der Waals surface area contributed by atoms with Crippen molar-refractivity contribution in [2.24, 2.45) is 0 Å². The first-order chi connectivity index (χ1) is 13.2. The normalized spacial score (nSPS) is 12.8. The van der Waals surface area contributed by atoms with Gasteiger partial charge in [-0.05, 0) is 59.4 Å². The first kappa shape index (κ1) is 16.8. The maximum atomic E-state index is 12.5. The van der Waals surface area contributed by atoms with Gasteiger partial charge in [-0.15, -0.1) is 11.8 Å². The van der Waals surface area contributed by atoms with Crippen molar-refractivity contribution in [1.82, 2.24) is 4.98 Å². The van der Waals surface area contributed by atoms with Gasteiger partial charge in [-0.3, -0.25) is 4.79 Å². The summed E-state index contributed by atoms with van der Waals surface area (Å²) < 4.78 is 1.15. The second-order valence-electron chi connectivity index (χ2n) is 6.81. The molecule has 4 aromatic rings. The van der Waals surface area contributed by atoms with Crippen molar-refractivity contribution in [2.75, 3.05) is 11.6 Å². The number of amides is 1. The number of benzene rings is 3. The first-order valence-electron chi connectivity index (χ1n) is 8.98. The van der Waals surface area contributed by atoms with E-state index in [2.05, 4.69) is 41.7 Å². The SMILES string of the molecule is CSc1ccc(CC(=O)Nc2nc3c(cc4c5c(cccc53)CC4)s2)cc1. The van der Waals surface area contributed by atoms with Crippen molar-refractivity contribution < 1.29 is 4.79 Å². The van der Waals surface area contributed by atoms with Gasteiger partial charge in [-0.25, -0.2) is 4.98 Å². The van der Waals surface area contributed by atoms with Crippen LogP contribution in [0.25, 0.3) is 21.0 Å². The van der Waals surface area contributed by atoms with Gasteiger partial charge in [-0.1, -0.05) is 41.7 Å². The molecular formula is C22H18N2OS2. The largest absolute Gasteiger partial charge is 0.302 e. The summed E-state index contributed by atoms with van der Waals surface area (Å²) in [5.41, 5.74) is 4.83. The molecule has 1 N–H and O–H groups in total. The van der Waals surface area contributed by atoms with E-state index in [-0.39, 0.29) is 5.91 Å². The monoisotopic (exact) mass is 390 g/mol. The van der Waals surface area contributed by atoms with Crippen LogP contribution in [0.1, 0.15) is 16.7 Å². The van der Waals surface area contributed by atoms with E-state index in [0.29, 0.717) is 11.6 Å². The number of carbonyl (C=O) groups excluding carboxylic acids is 1. The molecule has 0 fully saturated rings. The highest BCUT2D eigenvalue weighted by molar-refractivity contribution is 7.98. The summed E-state index contributed by atoms with van der Waals surface area (Å²) in [5, 5.41) is 6.24. The summed E-state index contributed by atoms with van der Waals surface area (Å²) in [7, 11) is 0. The molecule has 1 aliphatic carbocycles. The molecule has 1 amide bonds. The van der Waals surface area contributed by atoms with Crippen LogP contribution in [-0.2, 0) is 24.1 Å². The minimum Gasteiger partial charge on any atom is -0.302 e. The number of aromatic nitrogens is 1. The Kier molecular flexibility index (Phi) is 4.14. The molecule has 3 nitrogen and oxygen atoms in total. The van der Waals surface area contributed by atoms with E-state index in [4.69, 9.17) is 4.98 Å². The van der Waals surface area contributed by atoms with Crippen molar-refractivity contribution in [1.29, 1.82) is 0 Å². The summed E-state index contributed by atoms with van der Waals surface area (Å²) in [6.07, 6.45) is 4.62. The van der Waals surface area contributed by atoms with Gasteiger partial charge in [0, 0.05) is 10.3 Å². The Bertz CT molecular complexity index is 1180. The molecule has 0 saturated heterocycles. The predicted molar refractivity (Wildman–Crippen MR) is 115 cm³/mol. The Labute approximate surface area is 165 Å². The molecule has 3 aromatic carbocycles. The van der Waals surface area contributed by atoms with Crippen molar-refractivity contribution in [3.8, 4) is 0 Å². The van der Waals surface area contributed by atoms with E-state index in [9.17, 15) is 4.79 Å². The van der Waals surface area contributed by atoms with Gasteiger partial charge in [0.05, 0.1) is 16.6 Å². The lowest BCUT2D eigenvalue weighted by molar-refractivity contribution is -0.115. The van der Waals surface area contributed by atoms with E-state index in [1.807, 2.05) is 18.4 Å². The van der Waals surface area contributed by atoms with Crippen molar-refractivity contribution in [2.45, 2.75) is 24.2 Å². The smallest absolute Gasteiger partial charge is 0.230 e. The summed E-state index contributed by atoms with van der Waals surface area (Å²) in [6.45, 7) is 0. The highest BCUT2D eigenvalue weighted by atomic mass is 32.2. The van der Waals surface area contributed by atoms with Crippen LogP contribution >= 0.6 is 23.1 Å². The third-order valence-corrected chi connectivity index (χ3v) is 6.78. The van der Waals surface area contributed by atoms with Crippen LogP contribution in [-0.4, -0.2) is 17.1 Å². The third-order valence-electron chi connectivity index (χ3n) is 5.12. The Hall–Kier alpha value is -2.37. The lowest BCUT2D eigenvalue weighted by atomic mass is 10.0. The lowest BCUT2D eigenvalue weighted by Gasteiger charge is -2.03. The number of nitrogens with one attached hydrogen (secondary N) is 1. The maximum absolute atomic E-state index is 12.5. The number of anilines is 1. The van der Waals surface area contributed by atoms with Gasteiger partial charge >= 0.3 is 0 Å². The second kappa shape index (κ2) is 6.66. The number of thiazole rings is 1. The number of rotatable bonds is 4. The highest BCUT2D eigenvalue weighted by Gasteiger charge is 2.19. The fourth-order valence-corrected chi connectivity index (χ4v) is 5.22. The van der Waals surface area contributed by atoms with E-state index in [1.165, 1.54) is 26.8 Å². The number of hydrogen-bond donors (Lipinski definition) is 1. The molecule has 5 rings (SSSR count). The zero-order valence-corrected chi connectivity index (χ0v) is 16.5. The molecule has 0 radical (unpaired) electrons. The van der Waals surface area contributed by atoms with Crippen LogP contribution in [0.3, 0.4) is 0 Å². The fraction of sp³-hybridized carbons (Fsp3) is 0.182. The predicted octanol–water partition coefficient (Wildman–Crippen LogP) is 5.45. The third kappa shape index (κ3) is 3.01. The molecule has 1 heterocycles. The topological polar surface area (TPSA) is 42.0 Å². The second-order valence-corrected chi connectivity index (χ2v) is 8.72. The van der Waals surface area contributed by atoms with Crippen LogP contribution < -0.4 is 5.32 Å². The Morgan fingerprint density at radius 1 is 1.15 bits per heavy atom. The summed E-state index contributed by atoms with van der Waals surface area (Å²) in [6, 6.07) is 16.8. The standard InChI is InChI=1S/C22H18N2OS2/c1-26-16-9-5-13(6-10-16)11-19(25)23-22-24-21-17-4-2-3-14-7-8-15(20(14)17)12-18(21)27-22/h2-6,9-10,12H,7-8,11H2,1H3,(H,23,24,25). The number of nitrogens with zero attached hydrogens (tertiary/aromatic N) is 1. The molecule has 0 spiro atoms. The molecule has 0 bridgehead atoms. The molecule has 5 heteroatoms. The minimum absolute atomic E-state index is 0.0248. The highest BCUT2D eigenvalue weighted by Crippen LogP contribution is 2.39. The van der Waals surface area contributed by atoms with Gasteiger partial charge in [0.25, 0.3) is 0 Å². The van der Waals surface area contributed by atoms with Crippen LogP contribution in [0, 0.1) is 0 Å². The van der Waals surface area contributed by atoms with E-state index in [1.54, 1.807) is 23.1 Å². The van der Waals surface area contributed by atoms with Crippen molar-refractivity contribution in [3.63, 3.8) is 0 Å². The van der Waals surface area contributed by atoms with Crippen LogP contribution in [0.5, 0.6) is 0 Å². The molecule has 1 aliphatic rings. The Balaban J connectivity index is 1.43.